The minimum atomic E-state index is -0.681. The highest BCUT2D eigenvalue weighted by Crippen LogP contribution is 2.30. The van der Waals surface area contributed by atoms with Crippen LogP contribution < -0.4 is 5.32 Å². The molecule has 2 atom stereocenters. The fraction of sp³-hybridized carbons (Fsp3) is 0.917. The van der Waals surface area contributed by atoms with Crippen LogP contribution in [0.3, 0.4) is 0 Å². The number of carboxylic acid groups (broad SMARTS) is 1. The molecular formula is C12H23NO2. The Morgan fingerprint density at radius 1 is 1.40 bits per heavy atom. The van der Waals surface area contributed by atoms with Gasteiger partial charge in [-0.15, -0.1) is 0 Å². The van der Waals surface area contributed by atoms with Crippen LogP contribution in [0.15, 0.2) is 0 Å². The lowest BCUT2D eigenvalue weighted by Gasteiger charge is -2.15. The van der Waals surface area contributed by atoms with Gasteiger partial charge < -0.3 is 10.4 Å². The Balaban J connectivity index is 1.90. The molecule has 3 nitrogen and oxygen atoms in total. The molecule has 1 aliphatic carbocycles. The average Bonchev–Trinajstić information content (AvgIpc) is 2.57. The summed E-state index contributed by atoms with van der Waals surface area (Å²) in [5.74, 6) is 1.04. The highest BCUT2D eigenvalue weighted by molar-refractivity contribution is 5.66. The SMILES string of the molecule is CC1CCCC1CNCCCCC(=O)O. The summed E-state index contributed by atoms with van der Waals surface area (Å²) in [6, 6.07) is 0. The Kier molecular flexibility index (Phi) is 5.69. The van der Waals surface area contributed by atoms with E-state index in [4.69, 9.17) is 5.11 Å². The molecule has 2 N–H and O–H groups in total. The lowest BCUT2D eigenvalue weighted by atomic mass is 9.98. The van der Waals surface area contributed by atoms with Crippen molar-refractivity contribution in [1.82, 2.24) is 5.32 Å². The van der Waals surface area contributed by atoms with Gasteiger partial charge in [0.1, 0.15) is 0 Å². The smallest absolute Gasteiger partial charge is 0.303 e. The molecule has 1 aliphatic rings. The van der Waals surface area contributed by atoms with Crippen LogP contribution >= 0.6 is 0 Å². The molecular weight excluding hydrogens is 190 g/mol. The predicted octanol–water partition coefficient (Wildman–Crippen LogP) is 2.27. The average molecular weight is 213 g/mol. The highest BCUT2D eigenvalue weighted by atomic mass is 16.4. The molecule has 15 heavy (non-hydrogen) atoms. The molecule has 0 aromatic carbocycles. The largest absolute Gasteiger partial charge is 0.481 e. The molecule has 3 heteroatoms. The van der Waals surface area contributed by atoms with Crippen molar-refractivity contribution < 1.29 is 9.90 Å². The molecule has 0 spiro atoms. The minimum Gasteiger partial charge on any atom is -0.481 e. The monoisotopic (exact) mass is 213 g/mol. The number of rotatable bonds is 7. The van der Waals surface area contributed by atoms with Crippen molar-refractivity contribution in [3.63, 3.8) is 0 Å². The van der Waals surface area contributed by atoms with E-state index in [-0.39, 0.29) is 0 Å². The van der Waals surface area contributed by atoms with Crippen molar-refractivity contribution in [2.24, 2.45) is 11.8 Å². The summed E-state index contributed by atoms with van der Waals surface area (Å²) < 4.78 is 0. The Bertz CT molecular complexity index is 194. The van der Waals surface area contributed by atoms with E-state index in [1.807, 2.05) is 0 Å². The molecule has 0 heterocycles. The number of hydrogen-bond acceptors (Lipinski definition) is 2. The first kappa shape index (κ1) is 12.5. The third-order valence-corrected chi connectivity index (χ3v) is 3.44. The van der Waals surface area contributed by atoms with Gasteiger partial charge in [-0.1, -0.05) is 19.8 Å². The van der Waals surface area contributed by atoms with Gasteiger partial charge in [-0.05, 0) is 44.2 Å². The van der Waals surface area contributed by atoms with Gasteiger partial charge in [0, 0.05) is 6.42 Å². The van der Waals surface area contributed by atoms with Crippen molar-refractivity contribution in [3.8, 4) is 0 Å². The second-order valence-electron chi connectivity index (χ2n) is 4.72. The van der Waals surface area contributed by atoms with Crippen molar-refractivity contribution in [2.75, 3.05) is 13.1 Å². The van der Waals surface area contributed by atoms with Crippen LogP contribution in [-0.4, -0.2) is 24.2 Å². The van der Waals surface area contributed by atoms with Crippen LogP contribution in [0.2, 0.25) is 0 Å². The summed E-state index contributed by atoms with van der Waals surface area (Å²) in [4.78, 5) is 10.3. The molecule has 1 saturated carbocycles. The number of carbonyl (C=O) groups is 1. The van der Waals surface area contributed by atoms with E-state index in [0.29, 0.717) is 6.42 Å². The summed E-state index contributed by atoms with van der Waals surface area (Å²) >= 11 is 0. The maximum absolute atomic E-state index is 10.3. The van der Waals surface area contributed by atoms with Crippen molar-refractivity contribution in [3.05, 3.63) is 0 Å². The number of aliphatic carboxylic acids is 1. The van der Waals surface area contributed by atoms with Crippen molar-refractivity contribution >= 4 is 5.97 Å². The third kappa shape index (κ3) is 5.17. The molecule has 0 aromatic heterocycles. The Labute approximate surface area is 92.3 Å². The second-order valence-corrected chi connectivity index (χ2v) is 4.72. The molecule has 0 amide bonds. The molecule has 0 radical (unpaired) electrons. The molecule has 0 saturated heterocycles. The summed E-state index contributed by atoms with van der Waals surface area (Å²) in [6.45, 7) is 4.43. The minimum absolute atomic E-state index is 0.307. The van der Waals surface area contributed by atoms with Crippen LogP contribution in [0.5, 0.6) is 0 Å². The summed E-state index contributed by atoms with van der Waals surface area (Å²) in [5, 5.41) is 11.9. The Hall–Kier alpha value is -0.570. The summed E-state index contributed by atoms with van der Waals surface area (Å²) in [6.07, 6.45) is 6.21. The molecule has 88 valence electrons. The zero-order valence-electron chi connectivity index (χ0n) is 9.67. The molecule has 2 unspecified atom stereocenters. The van der Waals surface area contributed by atoms with E-state index in [0.717, 1.165) is 37.8 Å². The van der Waals surface area contributed by atoms with Gasteiger partial charge in [0.05, 0.1) is 0 Å². The fourth-order valence-electron chi connectivity index (χ4n) is 2.34. The zero-order chi connectivity index (χ0) is 11.1. The Morgan fingerprint density at radius 2 is 2.20 bits per heavy atom. The van der Waals surface area contributed by atoms with Gasteiger partial charge in [-0.2, -0.15) is 0 Å². The zero-order valence-corrected chi connectivity index (χ0v) is 9.67. The summed E-state index contributed by atoms with van der Waals surface area (Å²) in [5.41, 5.74) is 0. The van der Waals surface area contributed by atoms with Gasteiger partial charge in [0.25, 0.3) is 0 Å². The van der Waals surface area contributed by atoms with Gasteiger partial charge in [0.15, 0.2) is 0 Å². The molecule has 1 rings (SSSR count). The van der Waals surface area contributed by atoms with Crippen LogP contribution in [0.4, 0.5) is 0 Å². The Morgan fingerprint density at radius 3 is 2.80 bits per heavy atom. The molecule has 0 aromatic rings. The first-order chi connectivity index (χ1) is 7.20. The maximum Gasteiger partial charge on any atom is 0.303 e. The van der Waals surface area contributed by atoms with Crippen LogP contribution in [0.1, 0.15) is 45.4 Å². The topological polar surface area (TPSA) is 49.3 Å². The van der Waals surface area contributed by atoms with Crippen LogP contribution in [0, 0.1) is 11.8 Å². The number of hydrogen-bond donors (Lipinski definition) is 2. The van der Waals surface area contributed by atoms with Crippen molar-refractivity contribution in [2.45, 2.75) is 45.4 Å². The third-order valence-electron chi connectivity index (χ3n) is 3.44. The number of carboxylic acids is 1. The maximum atomic E-state index is 10.3. The van der Waals surface area contributed by atoms with Gasteiger partial charge >= 0.3 is 5.97 Å². The van der Waals surface area contributed by atoms with E-state index in [9.17, 15) is 4.79 Å². The van der Waals surface area contributed by atoms with E-state index >= 15 is 0 Å². The van der Waals surface area contributed by atoms with Gasteiger partial charge in [-0.25, -0.2) is 0 Å². The molecule has 0 aliphatic heterocycles. The standard InChI is InChI=1S/C12H23NO2/c1-10-5-4-6-11(10)9-13-8-3-2-7-12(14)15/h10-11,13H,2-9H2,1H3,(H,14,15). The van der Waals surface area contributed by atoms with Gasteiger partial charge in [0.2, 0.25) is 0 Å². The van der Waals surface area contributed by atoms with Crippen LogP contribution in [0.25, 0.3) is 0 Å². The van der Waals surface area contributed by atoms with Gasteiger partial charge in [-0.3, -0.25) is 4.79 Å². The van der Waals surface area contributed by atoms with E-state index in [2.05, 4.69) is 12.2 Å². The van der Waals surface area contributed by atoms with Crippen molar-refractivity contribution in [1.29, 1.82) is 0 Å². The number of unbranched alkanes of at least 4 members (excludes halogenated alkanes) is 1. The lowest BCUT2D eigenvalue weighted by molar-refractivity contribution is -0.137. The second kappa shape index (κ2) is 6.83. The van der Waals surface area contributed by atoms with E-state index in [1.165, 1.54) is 19.3 Å². The van der Waals surface area contributed by atoms with E-state index < -0.39 is 5.97 Å². The molecule has 0 bridgehead atoms. The van der Waals surface area contributed by atoms with Crippen LogP contribution in [-0.2, 0) is 4.79 Å². The highest BCUT2D eigenvalue weighted by Gasteiger charge is 2.22. The summed E-state index contributed by atoms with van der Waals surface area (Å²) in [7, 11) is 0. The molecule has 1 fully saturated rings. The predicted molar refractivity (Wildman–Crippen MR) is 60.9 cm³/mol. The quantitative estimate of drug-likeness (QED) is 0.638. The van der Waals surface area contributed by atoms with E-state index in [1.54, 1.807) is 0 Å². The fourth-order valence-corrected chi connectivity index (χ4v) is 2.34. The number of nitrogens with one attached hydrogen (secondary N) is 1. The normalized spacial score (nSPS) is 25.7. The first-order valence-electron chi connectivity index (χ1n) is 6.12. The lowest BCUT2D eigenvalue weighted by Crippen LogP contribution is -2.25. The first-order valence-corrected chi connectivity index (χ1v) is 6.12.